The molecule has 0 unspecified atom stereocenters. The van der Waals surface area contributed by atoms with Gasteiger partial charge in [-0.15, -0.1) is 0 Å². The second kappa shape index (κ2) is 9.64. The molecule has 1 heteroatoms. The van der Waals surface area contributed by atoms with E-state index in [-0.39, 0.29) is 0 Å². The molecule has 0 atom stereocenters. The first-order chi connectivity index (χ1) is 7.12. The number of hydrogen-bond acceptors (Lipinski definition) is 0. The van der Waals surface area contributed by atoms with Crippen LogP contribution < -0.4 is 0 Å². The van der Waals surface area contributed by atoms with Gasteiger partial charge in [0.15, 0.2) is 0 Å². The SMILES string of the molecule is CCCCCC[P+](C)(C)CCCCCC. The maximum absolute atomic E-state index is 2.56. The van der Waals surface area contributed by atoms with Gasteiger partial charge in [0, 0.05) is 20.6 Å². The molecule has 0 bridgehead atoms. The average molecular weight is 231 g/mol. The predicted molar refractivity (Wildman–Crippen MR) is 76.8 cm³/mol. The molecule has 15 heavy (non-hydrogen) atoms. The van der Waals surface area contributed by atoms with Gasteiger partial charge in [0.1, 0.15) is 0 Å². The van der Waals surface area contributed by atoms with E-state index >= 15 is 0 Å². The van der Waals surface area contributed by atoms with E-state index in [0.29, 0.717) is 0 Å². The van der Waals surface area contributed by atoms with E-state index in [0.717, 1.165) is 0 Å². The molecule has 0 aliphatic heterocycles. The van der Waals surface area contributed by atoms with Crippen LogP contribution in [0.25, 0.3) is 0 Å². The van der Waals surface area contributed by atoms with Crippen molar-refractivity contribution in [3.05, 3.63) is 0 Å². The monoisotopic (exact) mass is 231 g/mol. The first-order valence-electron chi connectivity index (χ1n) is 6.94. The van der Waals surface area contributed by atoms with E-state index in [9.17, 15) is 0 Å². The van der Waals surface area contributed by atoms with Crippen LogP contribution in [0.3, 0.4) is 0 Å². The lowest BCUT2D eigenvalue weighted by molar-refractivity contribution is 0.694. The molecule has 92 valence electrons. The molecule has 0 nitrogen and oxygen atoms in total. The van der Waals surface area contributed by atoms with Crippen molar-refractivity contribution in [3.8, 4) is 0 Å². The van der Waals surface area contributed by atoms with Gasteiger partial charge in [-0.25, -0.2) is 0 Å². The Balaban J connectivity index is 3.40. The third-order valence-corrected chi connectivity index (χ3v) is 6.29. The minimum atomic E-state index is -0.523. The zero-order chi connectivity index (χ0) is 11.6. The Morgan fingerprint density at radius 1 is 0.600 bits per heavy atom. The van der Waals surface area contributed by atoms with E-state index in [4.69, 9.17) is 0 Å². The maximum Gasteiger partial charge on any atom is 0.0589 e. The molecular formula is C14H32P+. The molecule has 0 aliphatic rings. The van der Waals surface area contributed by atoms with Crippen molar-refractivity contribution in [2.75, 3.05) is 25.7 Å². The minimum Gasteiger partial charge on any atom is -0.0654 e. The summed E-state index contributed by atoms with van der Waals surface area (Å²) in [6, 6.07) is 0. The topological polar surface area (TPSA) is 0 Å². The summed E-state index contributed by atoms with van der Waals surface area (Å²) >= 11 is 0. The summed E-state index contributed by atoms with van der Waals surface area (Å²) in [5, 5.41) is 0. The molecule has 0 saturated carbocycles. The molecule has 0 spiro atoms. The average Bonchev–Trinajstić information content (AvgIpc) is 2.20. The summed E-state index contributed by atoms with van der Waals surface area (Å²) in [7, 11) is -0.523. The fourth-order valence-corrected chi connectivity index (χ4v) is 4.43. The molecule has 0 rings (SSSR count). The summed E-state index contributed by atoms with van der Waals surface area (Å²) in [6.45, 7) is 9.71. The van der Waals surface area contributed by atoms with Crippen molar-refractivity contribution < 1.29 is 0 Å². The van der Waals surface area contributed by atoms with Crippen molar-refractivity contribution in [2.45, 2.75) is 65.2 Å². The van der Waals surface area contributed by atoms with Crippen LogP contribution in [0.15, 0.2) is 0 Å². The van der Waals surface area contributed by atoms with Crippen LogP contribution in [-0.4, -0.2) is 25.7 Å². The van der Waals surface area contributed by atoms with Crippen LogP contribution in [0.4, 0.5) is 0 Å². The molecule has 0 aromatic rings. The van der Waals surface area contributed by atoms with E-state index < -0.39 is 7.26 Å². The predicted octanol–water partition coefficient (Wildman–Crippen LogP) is 5.42. The van der Waals surface area contributed by atoms with E-state index in [1.165, 1.54) is 51.4 Å². The highest BCUT2D eigenvalue weighted by atomic mass is 31.2. The van der Waals surface area contributed by atoms with E-state index in [1.54, 1.807) is 12.3 Å². The third kappa shape index (κ3) is 10.7. The van der Waals surface area contributed by atoms with Gasteiger partial charge in [-0.1, -0.05) is 39.5 Å². The normalized spacial score (nSPS) is 12.0. The molecule has 0 heterocycles. The zero-order valence-electron chi connectivity index (χ0n) is 11.5. The van der Waals surface area contributed by atoms with Gasteiger partial charge < -0.3 is 0 Å². The third-order valence-electron chi connectivity index (χ3n) is 3.23. The number of hydrogen-bond donors (Lipinski definition) is 0. The van der Waals surface area contributed by atoms with Gasteiger partial charge >= 0.3 is 0 Å². The van der Waals surface area contributed by atoms with Crippen molar-refractivity contribution in [1.82, 2.24) is 0 Å². The maximum atomic E-state index is 2.56. The fraction of sp³-hybridized carbons (Fsp3) is 1.00. The molecule has 0 aliphatic carbocycles. The highest BCUT2D eigenvalue weighted by Crippen LogP contribution is 2.52. The number of unbranched alkanes of at least 4 members (excludes halogenated alkanes) is 6. The Morgan fingerprint density at radius 3 is 1.33 bits per heavy atom. The quantitative estimate of drug-likeness (QED) is 0.347. The fourth-order valence-electron chi connectivity index (χ4n) is 2.05. The van der Waals surface area contributed by atoms with E-state index in [1.807, 2.05) is 0 Å². The van der Waals surface area contributed by atoms with Gasteiger partial charge in [-0.05, 0) is 25.7 Å². The zero-order valence-corrected chi connectivity index (χ0v) is 12.4. The molecule has 0 radical (unpaired) electrons. The first-order valence-corrected chi connectivity index (χ1v) is 9.99. The molecular weight excluding hydrogens is 199 g/mol. The van der Waals surface area contributed by atoms with Crippen LogP contribution in [0.2, 0.25) is 0 Å². The smallest absolute Gasteiger partial charge is 0.0589 e. The minimum absolute atomic E-state index is 0.523. The van der Waals surface area contributed by atoms with Crippen molar-refractivity contribution in [1.29, 1.82) is 0 Å². The summed E-state index contributed by atoms with van der Waals surface area (Å²) in [6.07, 6.45) is 14.6. The van der Waals surface area contributed by atoms with Crippen LogP contribution in [0.1, 0.15) is 65.2 Å². The second-order valence-corrected chi connectivity index (χ2v) is 10.3. The Bertz CT molecular complexity index is 115. The van der Waals surface area contributed by atoms with Gasteiger partial charge in [-0.3, -0.25) is 0 Å². The van der Waals surface area contributed by atoms with Crippen LogP contribution in [0, 0.1) is 0 Å². The first kappa shape index (κ1) is 15.4. The van der Waals surface area contributed by atoms with Crippen LogP contribution in [-0.2, 0) is 0 Å². The van der Waals surface area contributed by atoms with Crippen LogP contribution >= 0.6 is 7.26 Å². The standard InChI is InChI=1S/C14H32P/c1-5-7-9-11-13-15(3,4)14-12-10-8-6-2/h5-14H2,1-4H3/q+1. The molecule has 0 aromatic carbocycles. The van der Waals surface area contributed by atoms with Crippen LogP contribution in [0.5, 0.6) is 0 Å². The molecule has 0 fully saturated rings. The second-order valence-electron chi connectivity index (χ2n) is 5.50. The lowest BCUT2D eigenvalue weighted by Gasteiger charge is -2.17. The molecule has 0 N–H and O–H groups in total. The Hall–Kier alpha value is 0.430. The van der Waals surface area contributed by atoms with Crippen molar-refractivity contribution >= 4 is 7.26 Å². The van der Waals surface area contributed by atoms with Gasteiger partial charge in [0.25, 0.3) is 0 Å². The number of rotatable bonds is 10. The molecule has 0 saturated heterocycles. The molecule has 0 aromatic heterocycles. The lowest BCUT2D eigenvalue weighted by Crippen LogP contribution is -2.01. The highest BCUT2D eigenvalue weighted by Gasteiger charge is 2.22. The Kier molecular flexibility index (Phi) is 9.92. The van der Waals surface area contributed by atoms with Crippen molar-refractivity contribution in [3.63, 3.8) is 0 Å². The van der Waals surface area contributed by atoms with E-state index in [2.05, 4.69) is 27.2 Å². The van der Waals surface area contributed by atoms with Crippen molar-refractivity contribution in [2.24, 2.45) is 0 Å². The Morgan fingerprint density at radius 2 is 1.00 bits per heavy atom. The van der Waals surface area contributed by atoms with Gasteiger partial charge in [0.2, 0.25) is 0 Å². The lowest BCUT2D eigenvalue weighted by atomic mass is 10.2. The Labute approximate surface area is 98.6 Å². The highest BCUT2D eigenvalue weighted by molar-refractivity contribution is 7.74. The molecule has 0 amide bonds. The summed E-state index contributed by atoms with van der Waals surface area (Å²) < 4.78 is 0. The summed E-state index contributed by atoms with van der Waals surface area (Å²) in [4.78, 5) is 0. The van der Waals surface area contributed by atoms with Gasteiger partial charge in [0.05, 0.1) is 12.3 Å². The largest absolute Gasteiger partial charge is 0.0654 e. The summed E-state index contributed by atoms with van der Waals surface area (Å²) in [5.41, 5.74) is 0. The summed E-state index contributed by atoms with van der Waals surface area (Å²) in [5.74, 6) is 0. The van der Waals surface area contributed by atoms with Gasteiger partial charge in [-0.2, -0.15) is 0 Å².